The highest BCUT2D eigenvalue weighted by Crippen LogP contribution is 2.46. The molecule has 6 rings (SSSR count). The van der Waals surface area contributed by atoms with Gasteiger partial charge < -0.3 is 15.3 Å². The number of hydrogen-bond acceptors (Lipinski definition) is 6. The molecule has 3 atom stereocenters. The minimum absolute atomic E-state index is 0.0749. The molecule has 2 aromatic rings. The largest absolute Gasteiger partial charge is 0.394 e. The van der Waals surface area contributed by atoms with Crippen LogP contribution in [-0.4, -0.2) is 49.3 Å². The average molecular weight is 487 g/mol. The molecule has 0 radical (unpaired) electrons. The Labute approximate surface area is 202 Å². The summed E-state index contributed by atoms with van der Waals surface area (Å²) in [6.45, 7) is 0.0749. The van der Waals surface area contributed by atoms with Crippen LogP contribution < -0.4 is 10.2 Å². The SMILES string of the molecule is O=[S@@]1CCCc2nc(N3C4CCC3CC(c3ccc(Cl)cc3)C4)nc(NC3(CO)CCC3)c21. The second kappa shape index (κ2) is 8.51. The number of aliphatic hydroxyl groups is 1. The molecule has 1 aliphatic carbocycles. The van der Waals surface area contributed by atoms with Crippen LogP contribution in [0.1, 0.15) is 68.5 Å². The zero-order valence-electron chi connectivity index (χ0n) is 18.8. The fourth-order valence-corrected chi connectivity index (χ4v) is 7.71. The topological polar surface area (TPSA) is 78.4 Å². The first-order valence-electron chi connectivity index (χ1n) is 12.3. The molecule has 1 saturated carbocycles. The van der Waals surface area contributed by atoms with Crippen LogP contribution in [-0.2, 0) is 17.2 Å². The van der Waals surface area contributed by atoms with Crippen molar-refractivity contribution in [1.29, 1.82) is 0 Å². The van der Waals surface area contributed by atoms with E-state index in [1.54, 1.807) is 0 Å². The van der Waals surface area contributed by atoms with Crippen LogP contribution in [0.15, 0.2) is 29.2 Å². The van der Waals surface area contributed by atoms with Gasteiger partial charge in [-0.15, -0.1) is 0 Å². The Hall–Kier alpha value is -1.70. The van der Waals surface area contributed by atoms with Crippen molar-refractivity contribution >= 4 is 34.2 Å². The van der Waals surface area contributed by atoms with E-state index in [9.17, 15) is 9.32 Å². The van der Waals surface area contributed by atoms with Crippen LogP contribution in [0.4, 0.5) is 11.8 Å². The zero-order valence-corrected chi connectivity index (χ0v) is 20.4. The fourth-order valence-electron chi connectivity index (χ4n) is 6.25. The molecule has 33 heavy (non-hydrogen) atoms. The van der Waals surface area contributed by atoms with Crippen LogP contribution in [0.25, 0.3) is 0 Å². The van der Waals surface area contributed by atoms with Crippen LogP contribution in [0.2, 0.25) is 5.02 Å². The number of fused-ring (bicyclic) bond motifs is 3. The number of hydrogen-bond donors (Lipinski definition) is 2. The summed E-state index contributed by atoms with van der Waals surface area (Å²) >= 11 is 6.11. The highest BCUT2D eigenvalue weighted by Gasteiger charge is 2.44. The molecule has 1 aromatic carbocycles. The van der Waals surface area contributed by atoms with Crippen molar-refractivity contribution in [3.05, 3.63) is 40.5 Å². The fraction of sp³-hybridized carbons (Fsp3) is 0.600. The van der Waals surface area contributed by atoms with E-state index in [0.717, 1.165) is 79.3 Å². The minimum Gasteiger partial charge on any atom is -0.394 e. The van der Waals surface area contributed by atoms with Gasteiger partial charge in [-0.3, -0.25) is 4.21 Å². The molecule has 4 heterocycles. The van der Waals surface area contributed by atoms with Gasteiger partial charge in [0, 0.05) is 22.9 Å². The standard InChI is InChI=1S/C25H31ClN4O2S/c26-18-6-4-16(5-7-18)17-13-19-8-9-20(14-17)30(19)24-27-21-3-1-12-33(32)22(21)23(28-24)29-25(15-31)10-2-11-25/h4-7,17,19-20,31H,1-3,8-15H2,(H,27,28,29)/t17?,19?,20?,33-/m1/s1. The van der Waals surface area contributed by atoms with Crippen molar-refractivity contribution in [2.24, 2.45) is 0 Å². The Kier molecular flexibility index (Phi) is 5.62. The highest BCUT2D eigenvalue weighted by atomic mass is 35.5. The molecule has 2 N–H and O–H groups in total. The van der Waals surface area contributed by atoms with E-state index in [1.807, 2.05) is 12.1 Å². The molecule has 1 aromatic heterocycles. The number of piperidine rings is 1. The van der Waals surface area contributed by atoms with Crippen molar-refractivity contribution in [2.45, 2.75) is 86.2 Å². The van der Waals surface area contributed by atoms with E-state index >= 15 is 0 Å². The Bertz CT molecular complexity index is 1060. The van der Waals surface area contributed by atoms with Crippen LogP contribution in [0, 0.1) is 0 Å². The number of nitrogens with one attached hydrogen (secondary N) is 1. The summed E-state index contributed by atoms with van der Waals surface area (Å²) in [7, 11) is -1.09. The third-order valence-corrected chi connectivity index (χ3v) is 9.99. The summed E-state index contributed by atoms with van der Waals surface area (Å²) in [5.74, 6) is 2.67. The number of benzene rings is 1. The molecular weight excluding hydrogens is 456 g/mol. The van der Waals surface area contributed by atoms with Gasteiger partial charge in [-0.2, -0.15) is 4.98 Å². The van der Waals surface area contributed by atoms with Gasteiger partial charge in [-0.1, -0.05) is 23.7 Å². The van der Waals surface area contributed by atoms with Crippen molar-refractivity contribution in [3.63, 3.8) is 0 Å². The number of halogens is 1. The van der Waals surface area contributed by atoms with E-state index in [0.29, 0.717) is 29.6 Å². The van der Waals surface area contributed by atoms with Crippen molar-refractivity contribution in [2.75, 3.05) is 22.6 Å². The van der Waals surface area contributed by atoms with E-state index in [1.165, 1.54) is 5.56 Å². The zero-order chi connectivity index (χ0) is 22.6. The molecule has 0 amide bonds. The quantitative estimate of drug-likeness (QED) is 0.651. The molecule has 0 spiro atoms. The monoisotopic (exact) mass is 486 g/mol. The molecule has 2 unspecified atom stereocenters. The van der Waals surface area contributed by atoms with Gasteiger partial charge in [0.05, 0.1) is 28.6 Å². The third-order valence-electron chi connectivity index (χ3n) is 8.20. The van der Waals surface area contributed by atoms with Crippen LogP contribution >= 0.6 is 11.6 Å². The maximum absolute atomic E-state index is 12.9. The highest BCUT2D eigenvalue weighted by molar-refractivity contribution is 7.85. The average Bonchev–Trinajstić information content (AvgIpc) is 3.06. The molecule has 8 heteroatoms. The lowest BCUT2D eigenvalue weighted by atomic mass is 9.77. The summed E-state index contributed by atoms with van der Waals surface area (Å²) in [6.07, 6.45) is 9.17. The van der Waals surface area contributed by atoms with Gasteiger partial charge in [-0.05, 0) is 81.4 Å². The lowest BCUT2D eigenvalue weighted by Crippen LogP contribution is -2.49. The summed E-state index contributed by atoms with van der Waals surface area (Å²) in [5, 5.41) is 14.4. The van der Waals surface area contributed by atoms with Gasteiger partial charge in [0.25, 0.3) is 0 Å². The molecule has 3 fully saturated rings. The number of anilines is 2. The van der Waals surface area contributed by atoms with E-state index in [2.05, 4.69) is 22.3 Å². The molecule has 2 saturated heterocycles. The van der Waals surface area contributed by atoms with Crippen molar-refractivity contribution in [1.82, 2.24) is 9.97 Å². The summed E-state index contributed by atoms with van der Waals surface area (Å²) in [6, 6.07) is 9.16. The van der Waals surface area contributed by atoms with Gasteiger partial charge in [-0.25, -0.2) is 4.98 Å². The predicted octanol–water partition coefficient (Wildman–Crippen LogP) is 4.43. The van der Waals surface area contributed by atoms with Crippen LogP contribution in [0.5, 0.6) is 0 Å². The Morgan fingerprint density at radius 1 is 1.12 bits per heavy atom. The number of aryl methyl sites for hydroxylation is 1. The predicted molar refractivity (Wildman–Crippen MR) is 132 cm³/mol. The second-order valence-electron chi connectivity index (χ2n) is 10.2. The molecule has 3 aliphatic heterocycles. The van der Waals surface area contributed by atoms with Crippen molar-refractivity contribution < 1.29 is 9.32 Å². The maximum Gasteiger partial charge on any atom is 0.228 e. The molecule has 176 valence electrons. The first-order chi connectivity index (χ1) is 16.0. The number of rotatable bonds is 5. The number of aliphatic hydroxyl groups excluding tert-OH is 1. The van der Waals surface area contributed by atoms with Crippen LogP contribution in [0.3, 0.4) is 0 Å². The molecule has 4 aliphatic rings. The summed E-state index contributed by atoms with van der Waals surface area (Å²) < 4.78 is 12.9. The van der Waals surface area contributed by atoms with E-state index in [-0.39, 0.29) is 12.1 Å². The van der Waals surface area contributed by atoms with Crippen molar-refractivity contribution in [3.8, 4) is 0 Å². The minimum atomic E-state index is -1.09. The maximum atomic E-state index is 12.9. The van der Waals surface area contributed by atoms with Gasteiger partial charge in [0.1, 0.15) is 10.7 Å². The first-order valence-corrected chi connectivity index (χ1v) is 14.0. The molecule has 2 bridgehead atoms. The Morgan fingerprint density at radius 3 is 2.48 bits per heavy atom. The third kappa shape index (κ3) is 3.86. The number of aromatic nitrogens is 2. The first kappa shape index (κ1) is 21.8. The molecule has 6 nitrogen and oxygen atoms in total. The smallest absolute Gasteiger partial charge is 0.228 e. The summed E-state index contributed by atoms with van der Waals surface area (Å²) in [4.78, 5) is 13.2. The Balaban J connectivity index is 1.33. The Morgan fingerprint density at radius 2 is 1.85 bits per heavy atom. The lowest BCUT2D eigenvalue weighted by molar-refractivity contribution is 0.143. The van der Waals surface area contributed by atoms with Gasteiger partial charge in [0.15, 0.2) is 0 Å². The second-order valence-corrected chi connectivity index (χ2v) is 12.2. The molecular formula is C25H31ClN4O2S. The van der Waals surface area contributed by atoms with E-state index < -0.39 is 10.8 Å². The summed E-state index contributed by atoms with van der Waals surface area (Å²) in [5.41, 5.74) is 1.97. The lowest BCUT2D eigenvalue weighted by Gasteiger charge is -2.43. The number of nitrogens with zero attached hydrogens (tertiary/aromatic N) is 3. The van der Waals surface area contributed by atoms with Gasteiger partial charge >= 0.3 is 0 Å². The van der Waals surface area contributed by atoms with Gasteiger partial charge in [0.2, 0.25) is 5.95 Å². The van der Waals surface area contributed by atoms with E-state index in [4.69, 9.17) is 21.6 Å². The normalized spacial score (nSPS) is 29.9.